The number of carbonyl (C=O) groups is 1. The molecule has 0 atom stereocenters. The fourth-order valence-electron chi connectivity index (χ4n) is 1.80. The van der Waals surface area contributed by atoms with E-state index in [4.69, 9.17) is 5.11 Å². The molecule has 3 N–H and O–H groups in total. The number of sulfonamides is 1. The van der Waals surface area contributed by atoms with Crippen LogP contribution in [0.4, 0.5) is 0 Å². The Morgan fingerprint density at radius 3 is 2.63 bits per heavy atom. The van der Waals surface area contributed by atoms with E-state index < -0.39 is 15.6 Å². The molecule has 1 saturated carbocycles. The van der Waals surface area contributed by atoms with Gasteiger partial charge in [0.15, 0.2) is 0 Å². The van der Waals surface area contributed by atoms with E-state index in [0.717, 1.165) is 12.8 Å². The molecule has 106 valence electrons. The van der Waals surface area contributed by atoms with Gasteiger partial charge in [0.05, 0.1) is 12.1 Å². The number of amides is 1. The first-order chi connectivity index (χ1) is 8.83. The predicted octanol–water partition coefficient (Wildman–Crippen LogP) is -0.812. The number of nitrogens with one attached hydrogen (secondary N) is 2. The maximum Gasteiger partial charge on any atom is 0.268 e. The van der Waals surface area contributed by atoms with E-state index in [1.807, 2.05) is 0 Å². The molecule has 1 aliphatic carbocycles. The molecule has 0 saturated heterocycles. The van der Waals surface area contributed by atoms with Crippen molar-refractivity contribution in [1.82, 2.24) is 14.6 Å². The summed E-state index contributed by atoms with van der Waals surface area (Å²) >= 11 is 0. The molecule has 1 fully saturated rings. The van der Waals surface area contributed by atoms with Gasteiger partial charge in [0.25, 0.3) is 5.91 Å². The second-order valence-corrected chi connectivity index (χ2v) is 6.66. The Bertz CT molecular complexity index is 601. The molecule has 0 bridgehead atoms. The molecular weight excluding hydrogens is 270 g/mol. The molecule has 1 heterocycles. The van der Waals surface area contributed by atoms with Crippen molar-refractivity contribution in [2.24, 2.45) is 7.05 Å². The summed E-state index contributed by atoms with van der Waals surface area (Å²) in [6, 6.07) is 1.31. The van der Waals surface area contributed by atoms with Crippen LogP contribution in [0.15, 0.2) is 17.2 Å². The van der Waals surface area contributed by atoms with Crippen molar-refractivity contribution < 1.29 is 18.3 Å². The molecule has 1 aromatic heterocycles. The Hall–Kier alpha value is -1.38. The summed E-state index contributed by atoms with van der Waals surface area (Å²) in [6.45, 7) is -0.106. The van der Waals surface area contributed by atoms with E-state index in [1.165, 1.54) is 23.9 Å². The Morgan fingerprint density at radius 1 is 1.53 bits per heavy atom. The summed E-state index contributed by atoms with van der Waals surface area (Å²) in [5, 5.41) is 11.9. The van der Waals surface area contributed by atoms with Crippen LogP contribution in [0.25, 0.3) is 0 Å². The number of aliphatic hydroxyl groups is 1. The Morgan fingerprint density at radius 2 is 2.16 bits per heavy atom. The Balaban J connectivity index is 2.24. The minimum absolute atomic E-state index is 0.0384. The zero-order chi connectivity index (χ0) is 14.3. The summed E-state index contributed by atoms with van der Waals surface area (Å²) in [5.41, 5.74) is -0.280. The smallest absolute Gasteiger partial charge is 0.268 e. The first-order valence-electron chi connectivity index (χ1n) is 5.87. The van der Waals surface area contributed by atoms with E-state index in [-0.39, 0.29) is 23.1 Å². The summed E-state index contributed by atoms with van der Waals surface area (Å²) in [5.74, 6) is -0.383. The lowest BCUT2D eigenvalue weighted by Crippen LogP contribution is -2.40. The largest absolute Gasteiger partial charge is 0.394 e. The molecular formula is C11H17N3O4S. The van der Waals surface area contributed by atoms with Gasteiger partial charge in [-0.05, 0) is 26.0 Å². The van der Waals surface area contributed by atoms with Gasteiger partial charge in [-0.1, -0.05) is 0 Å². The third-order valence-corrected chi connectivity index (χ3v) is 4.71. The summed E-state index contributed by atoms with van der Waals surface area (Å²) in [7, 11) is -0.655. The number of aromatic nitrogens is 1. The zero-order valence-electron chi connectivity index (χ0n) is 10.8. The van der Waals surface area contributed by atoms with Crippen LogP contribution in [0.2, 0.25) is 0 Å². The number of carbonyl (C=O) groups excluding carboxylic acids is 1. The monoisotopic (exact) mass is 287 g/mol. The van der Waals surface area contributed by atoms with Crippen molar-refractivity contribution in [3.05, 3.63) is 18.0 Å². The van der Waals surface area contributed by atoms with Crippen molar-refractivity contribution >= 4 is 15.9 Å². The molecule has 1 amide bonds. The molecule has 1 aromatic rings. The summed E-state index contributed by atoms with van der Waals surface area (Å²) in [4.78, 5) is 12.1. The van der Waals surface area contributed by atoms with Crippen LogP contribution in [0.1, 0.15) is 23.3 Å². The van der Waals surface area contributed by atoms with Gasteiger partial charge in [-0.3, -0.25) is 4.79 Å². The maximum atomic E-state index is 12.1. The number of rotatable bonds is 5. The lowest BCUT2D eigenvalue weighted by atomic mass is 10.2. The lowest BCUT2D eigenvalue weighted by Gasteiger charge is -2.14. The summed E-state index contributed by atoms with van der Waals surface area (Å²) < 4.78 is 26.9. The SMILES string of the molecule is CNS(=O)(=O)c1cc(C(=O)NC2(CO)CC2)n(C)c1. The van der Waals surface area contributed by atoms with Crippen LogP contribution in [0, 0.1) is 0 Å². The van der Waals surface area contributed by atoms with Gasteiger partial charge in [-0.2, -0.15) is 0 Å². The van der Waals surface area contributed by atoms with Crippen molar-refractivity contribution in [3.8, 4) is 0 Å². The van der Waals surface area contributed by atoms with Gasteiger partial charge in [0.2, 0.25) is 10.0 Å². The molecule has 1 aliphatic rings. The van der Waals surface area contributed by atoms with Crippen LogP contribution in [-0.2, 0) is 17.1 Å². The van der Waals surface area contributed by atoms with Gasteiger partial charge in [-0.15, -0.1) is 0 Å². The average Bonchev–Trinajstić information content (AvgIpc) is 3.02. The predicted molar refractivity (Wildman–Crippen MR) is 68.2 cm³/mol. The topological polar surface area (TPSA) is 100 Å². The average molecular weight is 287 g/mol. The van der Waals surface area contributed by atoms with Crippen LogP contribution < -0.4 is 10.0 Å². The Kier molecular flexibility index (Phi) is 3.41. The molecule has 19 heavy (non-hydrogen) atoms. The first kappa shape index (κ1) is 14.0. The van der Waals surface area contributed by atoms with E-state index in [1.54, 1.807) is 7.05 Å². The normalized spacial score (nSPS) is 17.2. The van der Waals surface area contributed by atoms with Gasteiger partial charge in [0, 0.05) is 13.2 Å². The maximum absolute atomic E-state index is 12.1. The number of aliphatic hydroxyl groups excluding tert-OH is 1. The van der Waals surface area contributed by atoms with Crippen LogP contribution in [-0.4, -0.2) is 43.2 Å². The fourth-order valence-corrected chi connectivity index (χ4v) is 2.60. The van der Waals surface area contributed by atoms with Gasteiger partial charge in [-0.25, -0.2) is 13.1 Å². The van der Waals surface area contributed by atoms with E-state index in [2.05, 4.69) is 10.0 Å². The quantitative estimate of drug-likeness (QED) is 0.659. The standard InChI is InChI=1S/C11H17N3O4S/c1-12-19(17,18)8-5-9(14(2)6-8)10(16)13-11(7-15)3-4-11/h5-6,12,15H,3-4,7H2,1-2H3,(H,13,16). The van der Waals surface area contributed by atoms with Crippen molar-refractivity contribution in [2.45, 2.75) is 23.3 Å². The van der Waals surface area contributed by atoms with Gasteiger partial charge < -0.3 is 15.0 Å². The molecule has 0 aliphatic heterocycles. The molecule has 8 heteroatoms. The van der Waals surface area contributed by atoms with Crippen molar-refractivity contribution in [1.29, 1.82) is 0 Å². The molecule has 0 aromatic carbocycles. The lowest BCUT2D eigenvalue weighted by molar-refractivity contribution is 0.0898. The highest BCUT2D eigenvalue weighted by Gasteiger charge is 2.43. The molecule has 7 nitrogen and oxygen atoms in total. The fraction of sp³-hybridized carbons (Fsp3) is 0.545. The number of nitrogens with zero attached hydrogens (tertiary/aromatic N) is 1. The minimum Gasteiger partial charge on any atom is -0.394 e. The summed E-state index contributed by atoms with van der Waals surface area (Å²) in [6.07, 6.45) is 2.85. The van der Waals surface area contributed by atoms with Crippen molar-refractivity contribution in [3.63, 3.8) is 0 Å². The van der Waals surface area contributed by atoms with Gasteiger partial charge in [0.1, 0.15) is 10.6 Å². The molecule has 2 rings (SSSR count). The van der Waals surface area contributed by atoms with E-state index >= 15 is 0 Å². The van der Waals surface area contributed by atoms with Crippen LogP contribution >= 0.6 is 0 Å². The van der Waals surface area contributed by atoms with E-state index in [0.29, 0.717) is 0 Å². The first-order valence-corrected chi connectivity index (χ1v) is 7.35. The van der Waals surface area contributed by atoms with E-state index in [9.17, 15) is 13.2 Å². The van der Waals surface area contributed by atoms with Crippen molar-refractivity contribution in [2.75, 3.05) is 13.7 Å². The van der Waals surface area contributed by atoms with Gasteiger partial charge >= 0.3 is 0 Å². The second kappa shape index (κ2) is 4.62. The minimum atomic E-state index is -3.57. The molecule has 0 unspecified atom stereocenters. The van der Waals surface area contributed by atoms with Crippen LogP contribution in [0.5, 0.6) is 0 Å². The third-order valence-electron chi connectivity index (χ3n) is 3.33. The number of hydrogen-bond donors (Lipinski definition) is 3. The molecule has 0 radical (unpaired) electrons. The molecule has 0 spiro atoms. The number of hydrogen-bond acceptors (Lipinski definition) is 4. The highest BCUT2D eigenvalue weighted by molar-refractivity contribution is 7.89. The third kappa shape index (κ3) is 2.65. The second-order valence-electron chi connectivity index (χ2n) is 4.77. The Labute approximate surface area is 111 Å². The van der Waals surface area contributed by atoms with Crippen LogP contribution in [0.3, 0.4) is 0 Å². The zero-order valence-corrected chi connectivity index (χ0v) is 11.6. The number of aryl methyl sites for hydroxylation is 1. The highest BCUT2D eigenvalue weighted by atomic mass is 32.2. The highest BCUT2D eigenvalue weighted by Crippen LogP contribution is 2.34.